The number of hydrogen-bond donors (Lipinski definition) is 0. The zero-order chi connectivity index (χ0) is 29.5. The van der Waals surface area contributed by atoms with Crippen LogP contribution in [0.5, 0.6) is 0 Å². The second-order valence-electron chi connectivity index (χ2n) is 11.0. The number of ether oxygens (including phenoxy) is 6. The van der Waals surface area contributed by atoms with Gasteiger partial charge in [0.05, 0.1) is 37.9 Å². The van der Waals surface area contributed by atoms with Crippen LogP contribution >= 0.6 is 0 Å². The van der Waals surface area contributed by atoms with Crippen molar-refractivity contribution in [2.45, 2.75) is 71.6 Å². The van der Waals surface area contributed by atoms with Crippen LogP contribution in [-0.2, 0) is 44.6 Å². The zero-order valence-electron chi connectivity index (χ0n) is 24.5. The lowest BCUT2D eigenvalue weighted by Crippen LogP contribution is -2.47. The number of methoxy groups -OCH3 is 2. The number of carbonyl (C=O) groups excluding carboxylic acids is 2. The monoisotopic (exact) mass is 563 g/mol. The van der Waals surface area contributed by atoms with Crippen LogP contribution in [0, 0.1) is 12.8 Å². The molecule has 218 valence electrons. The van der Waals surface area contributed by atoms with Gasteiger partial charge in [-0.05, 0) is 52.3 Å². The lowest BCUT2D eigenvalue weighted by atomic mass is 9.78. The van der Waals surface area contributed by atoms with Crippen LogP contribution in [-0.4, -0.2) is 56.5 Å². The van der Waals surface area contributed by atoms with Crippen LogP contribution in [0.25, 0.3) is 0 Å². The van der Waals surface area contributed by atoms with Crippen molar-refractivity contribution >= 4 is 17.6 Å². The summed E-state index contributed by atoms with van der Waals surface area (Å²) in [6, 6.07) is 17.6. The molecule has 0 spiro atoms. The summed E-state index contributed by atoms with van der Waals surface area (Å²) >= 11 is 0. The van der Waals surface area contributed by atoms with Crippen molar-refractivity contribution < 1.29 is 38.0 Å². The Morgan fingerprint density at radius 3 is 1.98 bits per heavy atom. The fourth-order valence-electron chi connectivity index (χ4n) is 5.99. The zero-order valence-corrected chi connectivity index (χ0v) is 24.5. The number of hydrogen-bond acceptors (Lipinski definition) is 9. The Balaban J connectivity index is 1.63. The molecule has 9 nitrogen and oxygen atoms in total. The van der Waals surface area contributed by atoms with Gasteiger partial charge >= 0.3 is 11.9 Å². The molecular weight excluding hydrogens is 526 g/mol. The van der Waals surface area contributed by atoms with Crippen LogP contribution in [0.3, 0.4) is 0 Å². The topological polar surface area (TPSA) is 92.8 Å². The molecule has 3 aliphatic rings. The van der Waals surface area contributed by atoms with E-state index in [4.69, 9.17) is 28.4 Å². The largest absolute Gasteiger partial charge is 0.466 e. The number of nitrogens with zero attached hydrogens (tertiary/aromatic N) is 1. The van der Waals surface area contributed by atoms with E-state index in [2.05, 4.69) is 0 Å². The number of fused-ring (bicyclic) bond motifs is 1. The first-order valence-electron chi connectivity index (χ1n) is 13.7. The second kappa shape index (κ2) is 11.4. The SMILES string of the molecule is COC(=O)C1=C(C)N(c2ccc(C)cc2)C(C)=C(C(=O)OC)C1[C@@H]1O[C@H]2OC(C)(C)O[C@H]2[C@@H]1OCc1ccccc1. The Bertz CT molecular complexity index is 1320. The number of allylic oxidation sites excluding steroid dienone is 2. The van der Waals surface area contributed by atoms with Gasteiger partial charge in [0.2, 0.25) is 0 Å². The molecule has 2 aromatic carbocycles. The number of rotatable bonds is 7. The fourth-order valence-corrected chi connectivity index (χ4v) is 5.99. The molecule has 0 radical (unpaired) electrons. The molecule has 2 saturated heterocycles. The Kier molecular flexibility index (Phi) is 8.07. The van der Waals surface area contributed by atoms with E-state index in [1.54, 1.807) is 0 Å². The molecule has 0 bridgehead atoms. The average Bonchev–Trinajstić information content (AvgIpc) is 3.43. The summed E-state index contributed by atoms with van der Waals surface area (Å²) in [5.41, 5.74) is 4.61. The van der Waals surface area contributed by atoms with Gasteiger partial charge < -0.3 is 33.3 Å². The number of aryl methyl sites for hydroxylation is 1. The van der Waals surface area contributed by atoms with Crippen LogP contribution in [0.1, 0.15) is 38.8 Å². The number of esters is 2. The quantitative estimate of drug-likeness (QED) is 0.441. The van der Waals surface area contributed by atoms with E-state index in [9.17, 15) is 9.59 Å². The van der Waals surface area contributed by atoms with Crippen molar-refractivity contribution in [3.63, 3.8) is 0 Å². The van der Waals surface area contributed by atoms with Gasteiger partial charge in [0.1, 0.15) is 18.3 Å². The van der Waals surface area contributed by atoms with Crippen molar-refractivity contribution in [2.24, 2.45) is 5.92 Å². The standard InChI is InChI=1S/C32H37NO8/c1-18-13-15-22(16-14-18)33-19(2)23(29(34)36-6)25(24(20(33)3)30(35)37-7)26-27(38-17-21-11-9-8-10-12-21)28-31(39-26)41-32(4,5)40-28/h8-16,25-28,31H,17H2,1-7H3/t26-,27+,28-,31-/m0/s1. The lowest BCUT2D eigenvalue weighted by molar-refractivity contribution is -0.223. The minimum absolute atomic E-state index is 0.271. The molecule has 4 atom stereocenters. The second-order valence-corrected chi connectivity index (χ2v) is 11.0. The van der Waals surface area contributed by atoms with Crippen LogP contribution < -0.4 is 4.90 Å². The summed E-state index contributed by atoms with van der Waals surface area (Å²) in [4.78, 5) is 28.9. The van der Waals surface area contributed by atoms with Crippen molar-refractivity contribution in [1.82, 2.24) is 0 Å². The smallest absolute Gasteiger partial charge is 0.336 e. The van der Waals surface area contributed by atoms with Gasteiger partial charge in [0, 0.05) is 17.1 Å². The summed E-state index contributed by atoms with van der Waals surface area (Å²) in [6.07, 6.45) is -2.85. The fraction of sp³-hybridized carbons (Fsp3) is 0.438. The highest BCUT2D eigenvalue weighted by Crippen LogP contribution is 2.48. The molecule has 9 heteroatoms. The highest BCUT2D eigenvalue weighted by Gasteiger charge is 2.60. The van der Waals surface area contributed by atoms with Gasteiger partial charge in [-0.1, -0.05) is 48.0 Å². The van der Waals surface area contributed by atoms with Gasteiger partial charge in [0.15, 0.2) is 12.1 Å². The Morgan fingerprint density at radius 2 is 1.41 bits per heavy atom. The highest BCUT2D eigenvalue weighted by atomic mass is 16.8. The third kappa shape index (κ3) is 5.42. The Morgan fingerprint density at radius 1 is 0.829 bits per heavy atom. The van der Waals surface area contributed by atoms with Gasteiger partial charge in [-0.25, -0.2) is 9.59 Å². The molecule has 3 heterocycles. The molecule has 0 N–H and O–H groups in total. The van der Waals surface area contributed by atoms with E-state index in [1.165, 1.54) is 14.2 Å². The van der Waals surface area contributed by atoms with E-state index in [0.29, 0.717) is 11.4 Å². The molecule has 41 heavy (non-hydrogen) atoms. The summed E-state index contributed by atoms with van der Waals surface area (Å²) in [5, 5.41) is 0. The third-order valence-corrected chi connectivity index (χ3v) is 7.82. The predicted octanol–water partition coefficient (Wildman–Crippen LogP) is 4.79. The molecule has 0 aromatic heterocycles. The normalized spacial score (nSPS) is 25.9. The summed E-state index contributed by atoms with van der Waals surface area (Å²) in [5.74, 6) is -2.93. The first-order chi connectivity index (χ1) is 19.6. The molecule has 0 aliphatic carbocycles. The van der Waals surface area contributed by atoms with Gasteiger partial charge in [-0.3, -0.25) is 0 Å². The maximum atomic E-state index is 13.5. The molecule has 0 amide bonds. The minimum atomic E-state index is -0.892. The highest BCUT2D eigenvalue weighted by molar-refractivity contribution is 6.00. The van der Waals surface area contributed by atoms with Gasteiger partial charge in [-0.2, -0.15) is 0 Å². The van der Waals surface area contributed by atoms with E-state index in [1.807, 2.05) is 94.1 Å². The summed E-state index contributed by atoms with van der Waals surface area (Å²) in [6.45, 7) is 9.56. The van der Waals surface area contributed by atoms with Gasteiger partial charge in [-0.15, -0.1) is 0 Å². The molecule has 2 aromatic rings. The van der Waals surface area contributed by atoms with Crippen LogP contribution in [0.2, 0.25) is 0 Å². The van der Waals surface area contributed by atoms with Gasteiger partial charge in [0.25, 0.3) is 0 Å². The summed E-state index contributed by atoms with van der Waals surface area (Å²) in [7, 11) is 2.64. The minimum Gasteiger partial charge on any atom is -0.466 e. The van der Waals surface area contributed by atoms with E-state index < -0.39 is 48.2 Å². The Labute approximate surface area is 240 Å². The molecule has 5 rings (SSSR count). The predicted molar refractivity (Wildman–Crippen MR) is 150 cm³/mol. The van der Waals surface area contributed by atoms with Crippen molar-refractivity contribution in [3.05, 3.63) is 88.3 Å². The van der Waals surface area contributed by atoms with Crippen LogP contribution in [0.15, 0.2) is 77.1 Å². The molecule has 3 aliphatic heterocycles. The van der Waals surface area contributed by atoms with E-state index >= 15 is 0 Å². The molecular formula is C32H37NO8. The van der Waals surface area contributed by atoms with Crippen molar-refractivity contribution in [3.8, 4) is 0 Å². The summed E-state index contributed by atoms with van der Waals surface area (Å²) < 4.78 is 35.9. The first kappa shape index (κ1) is 29.0. The third-order valence-electron chi connectivity index (χ3n) is 7.82. The number of anilines is 1. The molecule has 0 saturated carbocycles. The molecule has 0 unspecified atom stereocenters. The Hall–Kier alpha value is -3.50. The van der Waals surface area contributed by atoms with E-state index in [-0.39, 0.29) is 17.8 Å². The maximum Gasteiger partial charge on any atom is 0.336 e. The lowest BCUT2D eigenvalue weighted by Gasteiger charge is -2.40. The number of benzene rings is 2. The van der Waals surface area contributed by atoms with Crippen molar-refractivity contribution in [1.29, 1.82) is 0 Å². The number of carbonyl (C=O) groups is 2. The van der Waals surface area contributed by atoms with E-state index in [0.717, 1.165) is 16.8 Å². The molecule has 2 fully saturated rings. The van der Waals surface area contributed by atoms with Crippen LogP contribution in [0.4, 0.5) is 5.69 Å². The maximum absolute atomic E-state index is 13.5. The van der Waals surface area contributed by atoms with Crippen molar-refractivity contribution in [2.75, 3.05) is 19.1 Å². The first-order valence-corrected chi connectivity index (χ1v) is 13.7. The average molecular weight is 564 g/mol.